The van der Waals surface area contributed by atoms with E-state index in [4.69, 9.17) is 4.74 Å². The smallest absolute Gasteiger partial charge is 0.106 e. The summed E-state index contributed by atoms with van der Waals surface area (Å²) in [6.07, 6.45) is 1.78. The van der Waals surface area contributed by atoms with Crippen molar-refractivity contribution in [3.8, 4) is 0 Å². The van der Waals surface area contributed by atoms with Gasteiger partial charge in [-0.15, -0.1) is 11.3 Å². The Morgan fingerprint density at radius 1 is 1.60 bits per heavy atom. The predicted molar refractivity (Wildman–Crippen MR) is 65.3 cm³/mol. The third-order valence-electron chi connectivity index (χ3n) is 2.86. The third kappa shape index (κ3) is 2.44. The molecule has 1 aromatic heterocycles. The third-order valence-corrected chi connectivity index (χ3v) is 4.43. The first-order valence-electron chi connectivity index (χ1n) is 5.17. The van der Waals surface area contributed by atoms with Crippen LogP contribution in [0.3, 0.4) is 0 Å². The quantitative estimate of drug-likeness (QED) is 0.904. The lowest BCUT2D eigenvalue weighted by Crippen LogP contribution is -2.18. The van der Waals surface area contributed by atoms with Gasteiger partial charge in [-0.25, -0.2) is 0 Å². The highest BCUT2D eigenvalue weighted by atomic mass is 79.9. The predicted octanol–water partition coefficient (Wildman–Crippen LogP) is 3.42. The maximum Gasteiger partial charge on any atom is 0.106 e. The van der Waals surface area contributed by atoms with E-state index in [1.807, 2.05) is 13.0 Å². The van der Waals surface area contributed by atoms with Crippen molar-refractivity contribution in [1.29, 1.82) is 0 Å². The fourth-order valence-corrected chi connectivity index (χ4v) is 3.77. The van der Waals surface area contributed by atoms with Gasteiger partial charge in [-0.2, -0.15) is 0 Å². The summed E-state index contributed by atoms with van der Waals surface area (Å²) in [6.45, 7) is 4.09. The van der Waals surface area contributed by atoms with Crippen LogP contribution in [0.2, 0.25) is 0 Å². The maximum atomic E-state index is 10.2. The SMILES string of the molecule is Cc1sc(Br)cc1C(O)C1CCC(C)O1. The summed E-state index contributed by atoms with van der Waals surface area (Å²) in [5.41, 5.74) is 1.01. The summed E-state index contributed by atoms with van der Waals surface area (Å²) in [5, 5.41) is 10.2. The molecule has 3 atom stereocenters. The molecule has 1 aliphatic heterocycles. The van der Waals surface area contributed by atoms with E-state index in [-0.39, 0.29) is 12.2 Å². The van der Waals surface area contributed by atoms with Crippen LogP contribution in [0.25, 0.3) is 0 Å². The second-order valence-corrected chi connectivity index (χ2v) is 6.70. The molecule has 0 aromatic carbocycles. The second kappa shape index (κ2) is 4.53. The number of aryl methyl sites for hydroxylation is 1. The summed E-state index contributed by atoms with van der Waals surface area (Å²) in [7, 11) is 0. The summed E-state index contributed by atoms with van der Waals surface area (Å²) < 4.78 is 6.75. The summed E-state index contributed by atoms with van der Waals surface area (Å²) in [4.78, 5) is 1.16. The van der Waals surface area contributed by atoms with Crippen LogP contribution in [0.5, 0.6) is 0 Å². The Labute approximate surface area is 102 Å². The van der Waals surface area contributed by atoms with Crippen molar-refractivity contribution in [2.75, 3.05) is 0 Å². The molecule has 4 heteroatoms. The minimum absolute atomic E-state index is 0.0276. The molecule has 0 saturated carbocycles. The highest BCUT2D eigenvalue weighted by molar-refractivity contribution is 9.11. The molecular weight excluding hydrogens is 276 g/mol. The van der Waals surface area contributed by atoms with Crippen molar-refractivity contribution in [2.24, 2.45) is 0 Å². The van der Waals surface area contributed by atoms with Crippen molar-refractivity contribution < 1.29 is 9.84 Å². The normalized spacial score (nSPS) is 28.3. The van der Waals surface area contributed by atoms with Crippen LogP contribution in [-0.4, -0.2) is 17.3 Å². The number of hydrogen-bond acceptors (Lipinski definition) is 3. The van der Waals surface area contributed by atoms with E-state index in [0.29, 0.717) is 0 Å². The number of aliphatic hydroxyl groups excluding tert-OH is 1. The zero-order valence-corrected chi connectivity index (χ0v) is 11.3. The van der Waals surface area contributed by atoms with Gasteiger partial charge in [0.15, 0.2) is 0 Å². The first-order chi connectivity index (χ1) is 7.08. The fourth-order valence-electron chi connectivity index (χ4n) is 2.02. The zero-order valence-electron chi connectivity index (χ0n) is 8.87. The molecule has 2 nitrogen and oxygen atoms in total. The van der Waals surface area contributed by atoms with Gasteiger partial charge in [-0.05, 0) is 54.2 Å². The highest BCUT2D eigenvalue weighted by Gasteiger charge is 2.30. The topological polar surface area (TPSA) is 29.5 Å². The van der Waals surface area contributed by atoms with Gasteiger partial charge in [0.2, 0.25) is 0 Å². The maximum absolute atomic E-state index is 10.2. The molecule has 1 aromatic rings. The fraction of sp³-hybridized carbons (Fsp3) is 0.636. The molecule has 0 amide bonds. The lowest BCUT2D eigenvalue weighted by atomic mass is 10.0. The molecule has 2 rings (SSSR count). The van der Waals surface area contributed by atoms with Gasteiger partial charge in [0.1, 0.15) is 6.10 Å². The Bertz CT molecular complexity index is 350. The first-order valence-corrected chi connectivity index (χ1v) is 6.78. The van der Waals surface area contributed by atoms with Gasteiger partial charge >= 0.3 is 0 Å². The summed E-state index contributed by atoms with van der Waals surface area (Å²) in [6, 6.07) is 2.00. The lowest BCUT2D eigenvalue weighted by Gasteiger charge is -2.18. The highest BCUT2D eigenvalue weighted by Crippen LogP contribution is 2.36. The van der Waals surface area contributed by atoms with Crippen LogP contribution in [0.1, 0.15) is 36.3 Å². The number of halogens is 1. The molecule has 1 saturated heterocycles. The number of thiophene rings is 1. The Balaban J connectivity index is 2.13. The monoisotopic (exact) mass is 290 g/mol. The van der Waals surface area contributed by atoms with Crippen LogP contribution in [0, 0.1) is 6.92 Å². The summed E-state index contributed by atoms with van der Waals surface area (Å²) in [5.74, 6) is 0. The van der Waals surface area contributed by atoms with E-state index in [9.17, 15) is 5.11 Å². The van der Waals surface area contributed by atoms with Crippen molar-refractivity contribution in [2.45, 2.75) is 45.0 Å². The van der Waals surface area contributed by atoms with Crippen LogP contribution >= 0.6 is 27.3 Å². The minimum atomic E-state index is -0.475. The minimum Gasteiger partial charge on any atom is -0.386 e. The van der Waals surface area contributed by atoms with Crippen LogP contribution < -0.4 is 0 Å². The molecule has 0 aliphatic carbocycles. The van der Waals surface area contributed by atoms with Gasteiger partial charge in [0.05, 0.1) is 16.0 Å². The molecule has 15 heavy (non-hydrogen) atoms. The first kappa shape index (κ1) is 11.6. The average Bonchev–Trinajstić information content (AvgIpc) is 2.71. The van der Waals surface area contributed by atoms with Gasteiger partial charge < -0.3 is 9.84 Å². The van der Waals surface area contributed by atoms with Crippen LogP contribution in [0.15, 0.2) is 9.85 Å². The van der Waals surface area contributed by atoms with E-state index >= 15 is 0 Å². The Morgan fingerprint density at radius 3 is 2.80 bits per heavy atom. The van der Waals surface area contributed by atoms with Crippen molar-refractivity contribution in [1.82, 2.24) is 0 Å². The van der Waals surface area contributed by atoms with Crippen molar-refractivity contribution in [3.05, 3.63) is 20.3 Å². The second-order valence-electron chi connectivity index (χ2n) is 4.07. The molecular formula is C11H15BrO2S. The van der Waals surface area contributed by atoms with E-state index in [0.717, 1.165) is 27.1 Å². The molecule has 0 bridgehead atoms. The zero-order chi connectivity index (χ0) is 11.0. The van der Waals surface area contributed by atoms with Crippen molar-refractivity contribution >= 4 is 27.3 Å². The molecule has 1 N–H and O–H groups in total. The molecule has 0 radical (unpaired) electrons. The van der Waals surface area contributed by atoms with Crippen molar-refractivity contribution in [3.63, 3.8) is 0 Å². The lowest BCUT2D eigenvalue weighted by molar-refractivity contribution is -0.0298. The number of rotatable bonds is 2. The van der Waals surface area contributed by atoms with Gasteiger partial charge in [0.25, 0.3) is 0 Å². The van der Waals surface area contributed by atoms with Crippen LogP contribution in [0.4, 0.5) is 0 Å². The van der Waals surface area contributed by atoms with E-state index < -0.39 is 6.10 Å². The number of hydrogen-bond donors (Lipinski definition) is 1. The number of aliphatic hydroxyl groups is 1. The van der Waals surface area contributed by atoms with Crippen LogP contribution in [-0.2, 0) is 4.74 Å². The molecule has 84 valence electrons. The molecule has 1 aliphatic rings. The van der Waals surface area contributed by atoms with E-state index in [1.165, 1.54) is 0 Å². The largest absolute Gasteiger partial charge is 0.386 e. The van der Waals surface area contributed by atoms with Gasteiger partial charge in [-0.1, -0.05) is 0 Å². The standard InChI is InChI=1S/C11H15BrO2S/c1-6-3-4-9(14-6)11(13)8-5-10(12)15-7(8)2/h5-6,9,11,13H,3-4H2,1-2H3. The Morgan fingerprint density at radius 2 is 2.33 bits per heavy atom. The molecule has 3 unspecified atom stereocenters. The van der Waals surface area contributed by atoms with E-state index in [2.05, 4.69) is 22.9 Å². The Kier molecular flexibility index (Phi) is 3.50. The average molecular weight is 291 g/mol. The Hall–Kier alpha value is 0.1000. The van der Waals surface area contributed by atoms with Gasteiger partial charge in [0, 0.05) is 4.88 Å². The van der Waals surface area contributed by atoms with E-state index in [1.54, 1.807) is 11.3 Å². The molecule has 0 spiro atoms. The van der Waals surface area contributed by atoms with Gasteiger partial charge in [-0.3, -0.25) is 0 Å². The molecule has 1 fully saturated rings. The molecule has 2 heterocycles. The number of ether oxygens (including phenoxy) is 1. The summed E-state index contributed by atoms with van der Waals surface area (Å²) >= 11 is 5.10.